The van der Waals surface area contributed by atoms with Gasteiger partial charge in [-0.05, 0) is 24.5 Å². The number of hydrogen-bond donors (Lipinski definition) is 0. The highest BCUT2D eigenvalue weighted by molar-refractivity contribution is 5.92. The molecule has 74 valence electrons. The lowest BCUT2D eigenvalue weighted by Gasteiger charge is -2.19. The van der Waals surface area contributed by atoms with Gasteiger partial charge in [-0.15, -0.1) is 0 Å². The van der Waals surface area contributed by atoms with E-state index < -0.39 is 0 Å². The maximum Gasteiger partial charge on any atom is 0.250 e. The maximum absolute atomic E-state index is 11.6. The molecule has 0 aromatic heterocycles. The number of fused-ring (bicyclic) bond motifs is 1. The van der Waals surface area contributed by atoms with Crippen LogP contribution in [0.5, 0.6) is 0 Å². The molecule has 1 aromatic carbocycles. The Kier molecular flexibility index (Phi) is 2.50. The minimum absolute atomic E-state index is 0.0393. The number of rotatable bonds is 1. The molecule has 1 aliphatic rings. The second-order valence-electron chi connectivity index (χ2n) is 3.35. The SMILES string of the molecule is CON1C(=O)CCCc2ccccc21. The van der Waals surface area contributed by atoms with Gasteiger partial charge in [-0.2, -0.15) is 5.06 Å². The minimum Gasteiger partial charge on any atom is -0.272 e. The van der Waals surface area contributed by atoms with Crippen molar-refractivity contribution in [2.75, 3.05) is 12.2 Å². The van der Waals surface area contributed by atoms with Gasteiger partial charge < -0.3 is 0 Å². The van der Waals surface area contributed by atoms with Crippen LogP contribution in [0.15, 0.2) is 24.3 Å². The van der Waals surface area contributed by atoms with Crippen LogP contribution in [0.4, 0.5) is 5.69 Å². The molecule has 0 unspecified atom stereocenters. The quantitative estimate of drug-likeness (QED) is 0.678. The van der Waals surface area contributed by atoms with Crippen molar-refractivity contribution in [1.29, 1.82) is 0 Å². The molecule has 2 rings (SSSR count). The van der Waals surface area contributed by atoms with Crippen LogP contribution >= 0.6 is 0 Å². The van der Waals surface area contributed by atoms with E-state index in [9.17, 15) is 4.79 Å². The van der Waals surface area contributed by atoms with Crippen LogP contribution in [0.3, 0.4) is 0 Å². The number of nitrogens with zero attached hydrogens (tertiary/aromatic N) is 1. The first-order valence-corrected chi connectivity index (χ1v) is 4.78. The summed E-state index contributed by atoms with van der Waals surface area (Å²) in [4.78, 5) is 16.7. The fraction of sp³-hybridized carbons (Fsp3) is 0.364. The molecule has 14 heavy (non-hydrogen) atoms. The summed E-state index contributed by atoms with van der Waals surface area (Å²) in [6.45, 7) is 0. The molecule has 0 radical (unpaired) electrons. The summed E-state index contributed by atoms with van der Waals surface area (Å²) in [6, 6.07) is 7.87. The molecule has 0 atom stereocenters. The summed E-state index contributed by atoms with van der Waals surface area (Å²) >= 11 is 0. The molecular formula is C11H13NO2. The normalized spacial score (nSPS) is 16.4. The number of amides is 1. The number of hydroxylamine groups is 1. The van der Waals surface area contributed by atoms with Crippen LogP contribution in [-0.2, 0) is 16.1 Å². The average molecular weight is 191 g/mol. The highest BCUT2D eigenvalue weighted by Gasteiger charge is 2.21. The molecular weight excluding hydrogens is 178 g/mol. The Morgan fingerprint density at radius 1 is 1.29 bits per heavy atom. The lowest BCUT2D eigenvalue weighted by molar-refractivity contribution is -0.124. The van der Waals surface area contributed by atoms with Crippen LogP contribution < -0.4 is 5.06 Å². The summed E-state index contributed by atoms with van der Waals surface area (Å²) < 4.78 is 0. The fourth-order valence-corrected chi connectivity index (χ4v) is 1.79. The Bertz CT molecular complexity index is 349. The van der Waals surface area contributed by atoms with Crippen LogP contribution in [0.2, 0.25) is 0 Å². The standard InChI is InChI=1S/C11H13NO2/c1-14-12-10-7-3-2-5-9(10)6-4-8-11(12)13/h2-3,5,7H,4,6,8H2,1H3. The largest absolute Gasteiger partial charge is 0.272 e. The highest BCUT2D eigenvalue weighted by Crippen LogP contribution is 2.26. The first-order valence-electron chi connectivity index (χ1n) is 4.78. The van der Waals surface area contributed by atoms with E-state index in [4.69, 9.17) is 4.84 Å². The van der Waals surface area contributed by atoms with Gasteiger partial charge in [0.15, 0.2) is 0 Å². The van der Waals surface area contributed by atoms with E-state index in [1.165, 1.54) is 17.7 Å². The van der Waals surface area contributed by atoms with Gasteiger partial charge in [-0.1, -0.05) is 18.2 Å². The molecule has 1 aromatic rings. The molecule has 3 heteroatoms. The summed E-state index contributed by atoms with van der Waals surface area (Å²) in [7, 11) is 1.53. The van der Waals surface area contributed by atoms with E-state index >= 15 is 0 Å². The fourth-order valence-electron chi connectivity index (χ4n) is 1.79. The summed E-state index contributed by atoms with van der Waals surface area (Å²) in [5.41, 5.74) is 2.07. The molecule has 0 fully saturated rings. The predicted octanol–water partition coefficient (Wildman–Crippen LogP) is 1.92. The molecule has 1 heterocycles. The van der Waals surface area contributed by atoms with Crippen LogP contribution in [0.25, 0.3) is 0 Å². The van der Waals surface area contributed by atoms with E-state index in [2.05, 4.69) is 0 Å². The Morgan fingerprint density at radius 2 is 2.07 bits per heavy atom. The zero-order valence-electron chi connectivity index (χ0n) is 8.19. The van der Waals surface area contributed by atoms with Crippen molar-refractivity contribution in [3.8, 4) is 0 Å². The van der Waals surface area contributed by atoms with Gasteiger partial charge in [-0.3, -0.25) is 9.63 Å². The lowest BCUT2D eigenvalue weighted by Crippen LogP contribution is -2.28. The van der Waals surface area contributed by atoms with Crippen molar-refractivity contribution in [2.24, 2.45) is 0 Å². The summed E-state index contributed by atoms with van der Waals surface area (Å²) in [5, 5.41) is 1.39. The zero-order chi connectivity index (χ0) is 9.97. The number of carbonyl (C=O) groups excluding carboxylic acids is 1. The van der Waals surface area contributed by atoms with Gasteiger partial charge in [0.25, 0.3) is 5.91 Å². The van der Waals surface area contributed by atoms with Gasteiger partial charge in [0.1, 0.15) is 0 Å². The average Bonchev–Trinajstić information content (AvgIpc) is 2.36. The topological polar surface area (TPSA) is 29.5 Å². The smallest absolute Gasteiger partial charge is 0.250 e. The highest BCUT2D eigenvalue weighted by atomic mass is 16.7. The van der Waals surface area contributed by atoms with E-state index in [0.29, 0.717) is 6.42 Å². The van der Waals surface area contributed by atoms with E-state index in [-0.39, 0.29) is 5.91 Å². The number of hydrogen-bond acceptors (Lipinski definition) is 2. The summed E-state index contributed by atoms with van der Waals surface area (Å²) in [5.74, 6) is 0.0393. The van der Waals surface area contributed by atoms with Gasteiger partial charge in [0, 0.05) is 6.42 Å². The van der Waals surface area contributed by atoms with Gasteiger partial charge in [-0.25, -0.2) is 0 Å². The number of para-hydroxylation sites is 1. The van der Waals surface area contributed by atoms with Crippen LogP contribution in [-0.4, -0.2) is 13.0 Å². The van der Waals surface area contributed by atoms with Crippen molar-refractivity contribution in [3.63, 3.8) is 0 Å². The van der Waals surface area contributed by atoms with Crippen molar-refractivity contribution in [2.45, 2.75) is 19.3 Å². The van der Waals surface area contributed by atoms with Crippen molar-refractivity contribution in [1.82, 2.24) is 0 Å². The molecule has 1 aliphatic heterocycles. The molecule has 0 aliphatic carbocycles. The molecule has 0 N–H and O–H groups in total. The number of benzene rings is 1. The maximum atomic E-state index is 11.6. The number of aryl methyl sites for hydroxylation is 1. The molecule has 0 spiro atoms. The van der Waals surface area contributed by atoms with Gasteiger partial charge >= 0.3 is 0 Å². The Labute approximate surface area is 83.2 Å². The van der Waals surface area contributed by atoms with Crippen molar-refractivity contribution < 1.29 is 9.63 Å². The Balaban J connectivity index is 2.44. The van der Waals surface area contributed by atoms with E-state index in [1.54, 1.807) is 0 Å². The van der Waals surface area contributed by atoms with E-state index in [1.807, 2.05) is 24.3 Å². The van der Waals surface area contributed by atoms with Gasteiger partial charge in [0.2, 0.25) is 0 Å². The first-order chi connectivity index (χ1) is 6.83. The van der Waals surface area contributed by atoms with Crippen molar-refractivity contribution >= 4 is 11.6 Å². The molecule has 0 bridgehead atoms. The minimum atomic E-state index is 0.0393. The monoisotopic (exact) mass is 191 g/mol. The number of carbonyl (C=O) groups is 1. The third-order valence-electron chi connectivity index (χ3n) is 2.46. The van der Waals surface area contributed by atoms with Gasteiger partial charge in [0.05, 0.1) is 12.8 Å². The second kappa shape index (κ2) is 3.80. The van der Waals surface area contributed by atoms with E-state index in [0.717, 1.165) is 18.5 Å². The molecule has 0 saturated heterocycles. The Hall–Kier alpha value is -1.35. The predicted molar refractivity (Wildman–Crippen MR) is 53.9 cm³/mol. The molecule has 3 nitrogen and oxygen atoms in total. The zero-order valence-corrected chi connectivity index (χ0v) is 8.19. The third kappa shape index (κ3) is 1.51. The second-order valence-corrected chi connectivity index (χ2v) is 3.35. The van der Waals surface area contributed by atoms with Crippen LogP contribution in [0.1, 0.15) is 18.4 Å². The third-order valence-corrected chi connectivity index (χ3v) is 2.46. The van der Waals surface area contributed by atoms with Crippen LogP contribution in [0, 0.1) is 0 Å². The van der Waals surface area contributed by atoms with Crippen molar-refractivity contribution in [3.05, 3.63) is 29.8 Å². The first kappa shape index (κ1) is 9.21. The number of anilines is 1. The summed E-state index contributed by atoms with van der Waals surface area (Å²) in [6.07, 6.45) is 2.40. The molecule has 0 saturated carbocycles. The Morgan fingerprint density at radius 3 is 2.86 bits per heavy atom. The lowest BCUT2D eigenvalue weighted by atomic mass is 10.1. The molecule has 1 amide bonds.